The van der Waals surface area contributed by atoms with Gasteiger partial charge < -0.3 is 14.4 Å². The molecule has 1 atom stereocenters. The predicted octanol–water partition coefficient (Wildman–Crippen LogP) is 6.00. The van der Waals surface area contributed by atoms with Gasteiger partial charge in [-0.05, 0) is 66.0 Å². The number of carbonyl (C=O) groups excluding carboxylic acids is 1. The van der Waals surface area contributed by atoms with E-state index in [9.17, 15) is 4.79 Å². The summed E-state index contributed by atoms with van der Waals surface area (Å²) in [5.74, 6) is 2.08. The largest absolute Gasteiger partial charge is 0.487 e. The fraction of sp³-hybridized carbons (Fsp3) is 0.370. The Morgan fingerprint density at radius 1 is 1.06 bits per heavy atom. The van der Waals surface area contributed by atoms with Crippen LogP contribution in [0.15, 0.2) is 53.9 Å². The highest BCUT2D eigenvalue weighted by molar-refractivity contribution is 7.13. The SMILES string of the molecule is O=C(C1CCC1)N1CCOc2c(cc(-c3cccs3)cc2OC2CCc3ccccc32)C1. The van der Waals surface area contributed by atoms with Crippen LogP contribution in [0.2, 0.25) is 0 Å². The van der Waals surface area contributed by atoms with Gasteiger partial charge in [-0.25, -0.2) is 0 Å². The molecule has 5 heteroatoms. The van der Waals surface area contributed by atoms with Crippen molar-refractivity contribution in [2.45, 2.75) is 44.8 Å². The van der Waals surface area contributed by atoms with Gasteiger partial charge in [0, 0.05) is 22.9 Å². The van der Waals surface area contributed by atoms with E-state index < -0.39 is 0 Å². The van der Waals surface area contributed by atoms with Gasteiger partial charge in [-0.2, -0.15) is 0 Å². The second-order valence-electron chi connectivity index (χ2n) is 9.02. The number of aryl methyl sites for hydroxylation is 1. The highest BCUT2D eigenvalue weighted by Gasteiger charge is 2.32. The minimum absolute atomic E-state index is 0.0356. The number of hydrogen-bond acceptors (Lipinski definition) is 4. The van der Waals surface area contributed by atoms with Crippen LogP contribution in [0, 0.1) is 5.92 Å². The molecule has 3 aromatic rings. The Morgan fingerprint density at radius 3 is 2.78 bits per heavy atom. The lowest BCUT2D eigenvalue weighted by atomic mass is 9.84. The van der Waals surface area contributed by atoms with E-state index >= 15 is 0 Å². The first-order valence-electron chi connectivity index (χ1n) is 11.6. The van der Waals surface area contributed by atoms with Gasteiger partial charge in [0.2, 0.25) is 5.91 Å². The van der Waals surface area contributed by atoms with Gasteiger partial charge in [-0.15, -0.1) is 11.3 Å². The Hall–Kier alpha value is -2.79. The number of carbonyl (C=O) groups is 1. The standard InChI is InChI=1S/C27H27NO3S/c29-27(19-6-3-7-19)28-12-13-30-26-21(17-28)15-20(25-9-4-14-32-25)16-24(26)31-23-11-10-18-5-1-2-8-22(18)23/h1-2,4-5,8-9,14-16,19,23H,3,6-7,10-13,17H2. The molecule has 1 unspecified atom stereocenters. The lowest BCUT2D eigenvalue weighted by Gasteiger charge is -2.30. The Morgan fingerprint density at radius 2 is 1.97 bits per heavy atom. The molecule has 6 rings (SSSR count). The summed E-state index contributed by atoms with van der Waals surface area (Å²) in [5.41, 5.74) is 4.82. The van der Waals surface area contributed by atoms with Crippen molar-refractivity contribution >= 4 is 17.2 Å². The maximum Gasteiger partial charge on any atom is 0.226 e. The van der Waals surface area contributed by atoms with E-state index in [-0.39, 0.29) is 17.9 Å². The zero-order valence-corrected chi connectivity index (χ0v) is 18.9. The minimum atomic E-state index is 0.0356. The van der Waals surface area contributed by atoms with Crippen molar-refractivity contribution < 1.29 is 14.3 Å². The Balaban J connectivity index is 1.37. The minimum Gasteiger partial charge on any atom is -0.487 e. The molecule has 0 bridgehead atoms. The molecule has 0 radical (unpaired) electrons. The third kappa shape index (κ3) is 3.58. The van der Waals surface area contributed by atoms with E-state index in [1.54, 1.807) is 11.3 Å². The fourth-order valence-corrected chi connectivity index (χ4v) is 5.77. The van der Waals surface area contributed by atoms with Crippen molar-refractivity contribution in [3.63, 3.8) is 0 Å². The topological polar surface area (TPSA) is 38.8 Å². The number of fused-ring (bicyclic) bond motifs is 2. The number of amides is 1. The van der Waals surface area contributed by atoms with E-state index in [1.165, 1.54) is 22.4 Å². The molecule has 0 saturated heterocycles. The average Bonchev–Trinajstić information content (AvgIpc) is 3.39. The highest BCUT2D eigenvalue weighted by Crippen LogP contribution is 2.44. The van der Waals surface area contributed by atoms with Gasteiger partial charge >= 0.3 is 0 Å². The van der Waals surface area contributed by atoms with Crippen molar-refractivity contribution in [2.75, 3.05) is 13.2 Å². The lowest BCUT2D eigenvalue weighted by Crippen LogP contribution is -2.39. The van der Waals surface area contributed by atoms with Crippen LogP contribution in [-0.4, -0.2) is 24.0 Å². The quantitative estimate of drug-likeness (QED) is 0.494. The van der Waals surface area contributed by atoms with Crippen molar-refractivity contribution in [2.24, 2.45) is 5.92 Å². The molecular formula is C27H27NO3S. The summed E-state index contributed by atoms with van der Waals surface area (Å²) in [6.07, 6.45) is 5.26. The molecule has 2 aromatic carbocycles. The third-order valence-electron chi connectivity index (χ3n) is 7.02. The molecule has 1 saturated carbocycles. The first-order chi connectivity index (χ1) is 15.8. The van der Waals surface area contributed by atoms with Crippen molar-refractivity contribution in [3.05, 3.63) is 70.6 Å². The lowest BCUT2D eigenvalue weighted by molar-refractivity contribution is -0.138. The van der Waals surface area contributed by atoms with E-state index in [0.29, 0.717) is 19.7 Å². The van der Waals surface area contributed by atoms with E-state index in [4.69, 9.17) is 9.47 Å². The van der Waals surface area contributed by atoms with E-state index in [2.05, 4.69) is 53.9 Å². The number of benzene rings is 2. The van der Waals surface area contributed by atoms with E-state index in [0.717, 1.165) is 48.3 Å². The summed E-state index contributed by atoms with van der Waals surface area (Å²) in [6, 6.07) is 17.1. The summed E-state index contributed by atoms with van der Waals surface area (Å²) in [5, 5.41) is 2.09. The molecule has 0 spiro atoms. The van der Waals surface area contributed by atoms with E-state index in [1.807, 2.05) is 4.90 Å². The number of hydrogen-bond donors (Lipinski definition) is 0. The van der Waals surface area contributed by atoms with Crippen LogP contribution in [-0.2, 0) is 17.8 Å². The van der Waals surface area contributed by atoms with Crippen molar-refractivity contribution in [1.82, 2.24) is 4.90 Å². The van der Waals surface area contributed by atoms with Crippen LogP contribution >= 0.6 is 11.3 Å². The van der Waals surface area contributed by atoms with Gasteiger partial charge in [0.1, 0.15) is 12.7 Å². The molecule has 2 aliphatic carbocycles. The second kappa shape index (κ2) is 8.28. The Bertz CT molecular complexity index is 1140. The van der Waals surface area contributed by atoms with Crippen molar-refractivity contribution in [3.8, 4) is 21.9 Å². The zero-order chi connectivity index (χ0) is 21.5. The molecule has 1 aliphatic heterocycles. The molecule has 1 aromatic heterocycles. The van der Waals surface area contributed by atoms with Crippen LogP contribution in [0.5, 0.6) is 11.5 Å². The Labute approximate surface area is 192 Å². The summed E-state index contributed by atoms with van der Waals surface area (Å²) in [4.78, 5) is 16.2. The molecule has 2 heterocycles. The van der Waals surface area contributed by atoms with Gasteiger partial charge in [0.25, 0.3) is 0 Å². The maximum absolute atomic E-state index is 13.0. The highest BCUT2D eigenvalue weighted by atomic mass is 32.1. The molecule has 0 N–H and O–H groups in total. The monoisotopic (exact) mass is 445 g/mol. The van der Waals surface area contributed by atoms with Gasteiger partial charge in [-0.1, -0.05) is 36.8 Å². The van der Waals surface area contributed by atoms with Gasteiger partial charge in [0.15, 0.2) is 11.5 Å². The molecule has 32 heavy (non-hydrogen) atoms. The maximum atomic E-state index is 13.0. The molecule has 4 nitrogen and oxygen atoms in total. The summed E-state index contributed by atoms with van der Waals surface area (Å²) in [7, 11) is 0. The molecule has 1 fully saturated rings. The van der Waals surface area contributed by atoms with Crippen LogP contribution in [0.1, 0.15) is 48.5 Å². The van der Waals surface area contributed by atoms with Crippen LogP contribution in [0.3, 0.4) is 0 Å². The smallest absolute Gasteiger partial charge is 0.226 e. The molecular weight excluding hydrogens is 418 g/mol. The predicted molar refractivity (Wildman–Crippen MR) is 126 cm³/mol. The summed E-state index contributed by atoms with van der Waals surface area (Å²) in [6.45, 7) is 1.72. The van der Waals surface area contributed by atoms with Gasteiger partial charge in [0.05, 0.1) is 6.54 Å². The molecule has 1 amide bonds. The molecule has 3 aliphatic rings. The number of thiophene rings is 1. The normalized spacial score (nSPS) is 20.0. The first-order valence-corrected chi connectivity index (χ1v) is 12.5. The third-order valence-corrected chi connectivity index (χ3v) is 7.94. The Kier molecular flexibility index (Phi) is 5.14. The van der Waals surface area contributed by atoms with Crippen molar-refractivity contribution in [1.29, 1.82) is 0 Å². The van der Waals surface area contributed by atoms with Crippen LogP contribution in [0.25, 0.3) is 10.4 Å². The summed E-state index contributed by atoms with van der Waals surface area (Å²) >= 11 is 1.72. The number of nitrogens with zero attached hydrogens (tertiary/aromatic N) is 1. The second-order valence-corrected chi connectivity index (χ2v) is 9.97. The average molecular weight is 446 g/mol. The molecule has 164 valence electrons. The van der Waals surface area contributed by atoms with Crippen LogP contribution < -0.4 is 9.47 Å². The summed E-state index contributed by atoms with van der Waals surface area (Å²) < 4.78 is 12.9. The fourth-order valence-electron chi connectivity index (χ4n) is 5.05. The number of rotatable bonds is 4. The van der Waals surface area contributed by atoms with Gasteiger partial charge in [-0.3, -0.25) is 4.79 Å². The van der Waals surface area contributed by atoms with Crippen LogP contribution in [0.4, 0.5) is 0 Å². The number of ether oxygens (including phenoxy) is 2. The zero-order valence-electron chi connectivity index (χ0n) is 18.1. The first kappa shape index (κ1) is 19.9.